The third-order valence-corrected chi connectivity index (χ3v) is 3.48. The summed E-state index contributed by atoms with van der Waals surface area (Å²) in [6.45, 7) is 0.638. The van der Waals surface area contributed by atoms with Crippen LogP contribution in [0.25, 0.3) is 10.9 Å². The molecule has 4 heteroatoms. The van der Waals surface area contributed by atoms with E-state index in [9.17, 15) is 0 Å². The van der Waals surface area contributed by atoms with Crippen LogP contribution in [0.1, 0.15) is 11.1 Å². The van der Waals surface area contributed by atoms with Gasteiger partial charge in [-0.05, 0) is 29.8 Å². The van der Waals surface area contributed by atoms with E-state index in [1.54, 1.807) is 18.2 Å². The second kappa shape index (κ2) is 5.28. The van der Waals surface area contributed by atoms with Crippen molar-refractivity contribution in [2.45, 2.75) is 6.54 Å². The molecule has 2 N–H and O–H groups in total. The van der Waals surface area contributed by atoms with Gasteiger partial charge in [-0.1, -0.05) is 29.8 Å². The second-order valence-electron chi connectivity index (χ2n) is 4.51. The first kappa shape index (κ1) is 12.6. The lowest BCUT2D eigenvalue weighted by atomic mass is 10.1. The fourth-order valence-electron chi connectivity index (χ4n) is 2.23. The number of H-pyrrole nitrogens is 1. The lowest BCUT2D eigenvalue weighted by molar-refractivity contribution is 1.16. The molecule has 20 heavy (non-hydrogen) atoms. The zero-order valence-electron chi connectivity index (χ0n) is 10.7. The minimum absolute atomic E-state index is 0.592. The van der Waals surface area contributed by atoms with Crippen LogP contribution in [-0.4, -0.2) is 4.98 Å². The molecule has 1 heterocycles. The first-order valence-electron chi connectivity index (χ1n) is 6.26. The zero-order chi connectivity index (χ0) is 13.9. The zero-order valence-corrected chi connectivity index (χ0v) is 11.4. The molecule has 0 spiro atoms. The van der Waals surface area contributed by atoms with Crippen molar-refractivity contribution in [1.29, 1.82) is 5.26 Å². The maximum atomic E-state index is 9.10. The monoisotopic (exact) mass is 281 g/mol. The van der Waals surface area contributed by atoms with Gasteiger partial charge in [0.05, 0.1) is 11.3 Å². The highest BCUT2D eigenvalue weighted by Gasteiger charge is 2.05. The van der Waals surface area contributed by atoms with E-state index in [2.05, 4.69) is 22.4 Å². The number of aromatic nitrogens is 1. The Bertz CT molecular complexity index is 799. The number of nitriles is 1. The summed E-state index contributed by atoms with van der Waals surface area (Å²) in [5.41, 5.74) is 3.61. The fourth-order valence-corrected chi connectivity index (χ4v) is 2.40. The average molecular weight is 282 g/mol. The van der Waals surface area contributed by atoms with Gasteiger partial charge in [-0.2, -0.15) is 5.26 Å². The van der Waals surface area contributed by atoms with E-state index in [0.29, 0.717) is 17.1 Å². The molecule has 98 valence electrons. The van der Waals surface area contributed by atoms with Gasteiger partial charge in [0.15, 0.2) is 0 Å². The molecule has 0 aliphatic carbocycles. The third kappa shape index (κ3) is 2.34. The summed E-state index contributed by atoms with van der Waals surface area (Å²) < 4.78 is 0. The van der Waals surface area contributed by atoms with Crippen molar-refractivity contribution in [3.63, 3.8) is 0 Å². The van der Waals surface area contributed by atoms with Crippen LogP contribution < -0.4 is 5.32 Å². The minimum Gasteiger partial charge on any atom is -0.380 e. The second-order valence-corrected chi connectivity index (χ2v) is 4.95. The molecule has 0 saturated heterocycles. The van der Waals surface area contributed by atoms with E-state index < -0.39 is 0 Å². The first-order chi connectivity index (χ1) is 9.78. The highest BCUT2D eigenvalue weighted by atomic mass is 35.5. The quantitative estimate of drug-likeness (QED) is 0.752. The van der Waals surface area contributed by atoms with Crippen molar-refractivity contribution in [2.75, 3.05) is 5.32 Å². The number of hydrogen-bond donors (Lipinski definition) is 2. The van der Waals surface area contributed by atoms with Gasteiger partial charge in [0, 0.05) is 28.7 Å². The molecule has 0 bridgehead atoms. The van der Waals surface area contributed by atoms with Gasteiger partial charge in [0.25, 0.3) is 0 Å². The van der Waals surface area contributed by atoms with Crippen LogP contribution in [0.4, 0.5) is 5.69 Å². The molecule has 3 aromatic rings. The van der Waals surface area contributed by atoms with Gasteiger partial charge in [0.2, 0.25) is 0 Å². The highest BCUT2D eigenvalue weighted by Crippen LogP contribution is 2.23. The fraction of sp³-hybridized carbons (Fsp3) is 0.0625. The molecule has 0 aliphatic heterocycles. The Morgan fingerprint density at radius 2 is 2.05 bits per heavy atom. The smallest absolute Gasteiger partial charge is 0.101 e. The molecule has 2 aromatic carbocycles. The number of fused-ring (bicyclic) bond motifs is 1. The number of rotatable bonds is 3. The molecule has 0 unspecified atom stereocenters. The van der Waals surface area contributed by atoms with Crippen molar-refractivity contribution in [1.82, 2.24) is 4.98 Å². The van der Waals surface area contributed by atoms with Crippen LogP contribution in [0, 0.1) is 11.3 Å². The summed E-state index contributed by atoms with van der Waals surface area (Å²) in [6.07, 6.45) is 1.98. The maximum absolute atomic E-state index is 9.10. The standard InChI is InChI=1S/C16H12ClN3/c17-13-6-5-11(8-18)16(7-13)20-10-12-9-19-15-4-2-1-3-14(12)15/h1-7,9,19-20H,10H2. The Kier molecular flexibility index (Phi) is 3.32. The topological polar surface area (TPSA) is 51.6 Å². The van der Waals surface area contributed by atoms with Gasteiger partial charge < -0.3 is 10.3 Å². The van der Waals surface area contributed by atoms with Crippen LogP contribution in [0.5, 0.6) is 0 Å². The molecular formula is C16H12ClN3. The molecule has 0 atom stereocenters. The Balaban J connectivity index is 1.87. The predicted molar refractivity (Wildman–Crippen MR) is 81.8 cm³/mol. The Morgan fingerprint density at radius 1 is 1.20 bits per heavy atom. The maximum Gasteiger partial charge on any atom is 0.101 e. The molecule has 0 radical (unpaired) electrons. The average Bonchev–Trinajstić information content (AvgIpc) is 2.88. The predicted octanol–water partition coefficient (Wildman–Crippen LogP) is 4.31. The largest absolute Gasteiger partial charge is 0.380 e. The SMILES string of the molecule is N#Cc1ccc(Cl)cc1NCc1c[nH]c2ccccc12. The third-order valence-electron chi connectivity index (χ3n) is 3.25. The Morgan fingerprint density at radius 3 is 2.90 bits per heavy atom. The van der Waals surface area contributed by atoms with Gasteiger partial charge in [-0.3, -0.25) is 0 Å². The number of aromatic amines is 1. The van der Waals surface area contributed by atoms with Crippen LogP contribution >= 0.6 is 11.6 Å². The Labute approximate surface area is 121 Å². The lowest BCUT2D eigenvalue weighted by Gasteiger charge is -2.08. The van der Waals surface area contributed by atoms with Crippen LogP contribution in [-0.2, 0) is 6.54 Å². The minimum atomic E-state index is 0.592. The normalized spacial score (nSPS) is 10.4. The summed E-state index contributed by atoms with van der Waals surface area (Å²) in [5.74, 6) is 0. The molecule has 1 aromatic heterocycles. The number of nitrogens with one attached hydrogen (secondary N) is 2. The molecule has 0 amide bonds. The molecular weight excluding hydrogens is 270 g/mol. The van der Waals surface area contributed by atoms with Crippen molar-refractivity contribution in [2.24, 2.45) is 0 Å². The lowest BCUT2D eigenvalue weighted by Crippen LogP contribution is -2.00. The summed E-state index contributed by atoms with van der Waals surface area (Å²) >= 11 is 5.97. The van der Waals surface area contributed by atoms with Crippen LogP contribution in [0.3, 0.4) is 0 Å². The molecule has 0 saturated carbocycles. The number of anilines is 1. The molecule has 3 nitrogen and oxygen atoms in total. The van der Waals surface area contributed by atoms with Gasteiger partial charge >= 0.3 is 0 Å². The van der Waals surface area contributed by atoms with Crippen molar-refractivity contribution >= 4 is 28.2 Å². The van der Waals surface area contributed by atoms with Crippen molar-refractivity contribution < 1.29 is 0 Å². The number of benzene rings is 2. The molecule has 0 fully saturated rings. The van der Waals surface area contributed by atoms with E-state index in [1.165, 1.54) is 5.39 Å². The molecule has 3 rings (SSSR count). The van der Waals surface area contributed by atoms with Gasteiger partial charge in [-0.25, -0.2) is 0 Å². The van der Waals surface area contributed by atoms with Crippen molar-refractivity contribution in [3.05, 3.63) is 64.8 Å². The summed E-state index contributed by atoms with van der Waals surface area (Å²) in [7, 11) is 0. The van der Waals surface area contributed by atoms with E-state index in [0.717, 1.165) is 16.8 Å². The Hall–Kier alpha value is -2.44. The van der Waals surface area contributed by atoms with Crippen molar-refractivity contribution in [3.8, 4) is 6.07 Å². The summed E-state index contributed by atoms with van der Waals surface area (Å²) in [5, 5.41) is 14.2. The molecule has 0 aliphatic rings. The van der Waals surface area contributed by atoms with Gasteiger partial charge in [-0.15, -0.1) is 0 Å². The van der Waals surface area contributed by atoms with Crippen LogP contribution in [0.15, 0.2) is 48.7 Å². The number of hydrogen-bond acceptors (Lipinski definition) is 2. The van der Waals surface area contributed by atoms with E-state index in [1.807, 2.05) is 24.4 Å². The summed E-state index contributed by atoms with van der Waals surface area (Å²) in [4.78, 5) is 3.23. The van der Waals surface area contributed by atoms with Crippen LogP contribution in [0.2, 0.25) is 5.02 Å². The van der Waals surface area contributed by atoms with Gasteiger partial charge in [0.1, 0.15) is 6.07 Å². The number of para-hydroxylation sites is 1. The highest BCUT2D eigenvalue weighted by molar-refractivity contribution is 6.30. The first-order valence-corrected chi connectivity index (χ1v) is 6.64. The van der Waals surface area contributed by atoms with E-state index in [4.69, 9.17) is 16.9 Å². The van der Waals surface area contributed by atoms with E-state index in [-0.39, 0.29) is 0 Å². The van der Waals surface area contributed by atoms with E-state index >= 15 is 0 Å². The number of halogens is 1. The summed E-state index contributed by atoms with van der Waals surface area (Å²) in [6, 6.07) is 15.5. The number of nitrogens with zero attached hydrogens (tertiary/aromatic N) is 1.